The minimum Gasteiger partial charge on any atom is -0.326 e. The van der Waals surface area contributed by atoms with Gasteiger partial charge in [0.2, 0.25) is 5.91 Å². The largest absolute Gasteiger partial charge is 0.326 e. The fourth-order valence-corrected chi connectivity index (χ4v) is 2.48. The molecule has 0 unspecified atom stereocenters. The molecule has 0 saturated carbocycles. The quantitative estimate of drug-likeness (QED) is 0.756. The number of carbonyl (C=O) groups is 1. The highest BCUT2D eigenvalue weighted by Crippen LogP contribution is 2.15. The molecule has 0 aliphatic heterocycles. The van der Waals surface area contributed by atoms with E-state index < -0.39 is 0 Å². The average molecular weight is 320 g/mol. The lowest BCUT2D eigenvalue weighted by Crippen LogP contribution is -2.12. The first-order chi connectivity index (χ1) is 11.7. The lowest BCUT2D eigenvalue weighted by molar-refractivity contribution is -0.116. The number of amides is 1. The van der Waals surface area contributed by atoms with Crippen molar-refractivity contribution in [3.63, 3.8) is 0 Å². The Morgan fingerprint density at radius 2 is 2.08 bits per heavy atom. The molecule has 24 heavy (non-hydrogen) atoms. The van der Waals surface area contributed by atoms with E-state index in [-0.39, 0.29) is 5.91 Å². The van der Waals surface area contributed by atoms with E-state index in [1.807, 2.05) is 61.7 Å². The molecule has 0 spiro atoms. The predicted octanol–water partition coefficient (Wildman–Crippen LogP) is 3.54. The van der Waals surface area contributed by atoms with E-state index in [1.165, 1.54) is 0 Å². The van der Waals surface area contributed by atoms with Gasteiger partial charge in [0.25, 0.3) is 0 Å². The maximum atomic E-state index is 12.1. The molecule has 1 amide bonds. The molecule has 5 heteroatoms. The van der Waals surface area contributed by atoms with Crippen LogP contribution in [0.3, 0.4) is 0 Å². The fraction of sp³-hybridized carbons (Fsp3) is 0.211. The van der Waals surface area contributed by atoms with E-state index in [1.54, 1.807) is 10.9 Å². The van der Waals surface area contributed by atoms with Gasteiger partial charge in [-0.2, -0.15) is 5.10 Å². The topological polar surface area (TPSA) is 59.8 Å². The molecule has 3 aromatic rings. The molecule has 1 N–H and O–H groups in total. The van der Waals surface area contributed by atoms with Gasteiger partial charge in [0.15, 0.2) is 0 Å². The zero-order valence-electron chi connectivity index (χ0n) is 13.6. The second kappa shape index (κ2) is 7.55. The molecular weight excluding hydrogens is 300 g/mol. The highest BCUT2D eigenvalue weighted by Gasteiger charge is 2.05. The van der Waals surface area contributed by atoms with Crippen molar-refractivity contribution in [2.24, 2.45) is 0 Å². The van der Waals surface area contributed by atoms with E-state index in [9.17, 15) is 4.79 Å². The van der Waals surface area contributed by atoms with Gasteiger partial charge in [0.05, 0.1) is 11.4 Å². The Morgan fingerprint density at radius 3 is 2.83 bits per heavy atom. The van der Waals surface area contributed by atoms with Gasteiger partial charge < -0.3 is 5.32 Å². The molecular formula is C19H20N4O. The third-order valence-electron chi connectivity index (χ3n) is 3.68. The molecule has 0 fully saturated rings. The molecule has 2 heterocycles. The minimum atomic E-state index is 0.0136. The van der Waals surface area contributed by atoms with Crippen LogP contribution < -0.4 is 5.32 Å². The molecule has 2 aromatic heterocycles. The van der Waals surface area contributed by atoms with Crippen LogP contribution in [0.5, 0.6) is 0 Å². The van der Waals surface area contributed by atoms with Gasteiger partial charge in [-0.3, -0.25) is 9.78 Å². The molecule has 5 nitrogen and oxygen atoms in total. The third kappa shape index (κ3) is 4.29. The highest BCUT2D eigenvalue weighted by atomic mass is 16.1. The van der Waals surface area contributed by atoms with Crippen molar-refractivity contribution in [1.82, 2.24) is 14.8 Å². The number of anilines is 1. The number of aromatic nitrogens is 3. The summed E-state index contributed by atoms with van der Waals surface area (Å²) in [6.45, 7) is 1.95. The summed E-state index contributed by atoms with van der Waals surface area (Å²) in [6, 6.07) is 15.5. The number of aryl methyl sites for hydroxylation is 2. The fourth-order valence-electron chi connectivity index (χ4n) is 2.48. The molecule has 0 aliphatic carbocycles. The summed E-state index contributed by atoms with van der Waals surface area (Å²) in [4.78, 5) is 16.4. The normalized spacial score (nSPS) is 10.5. The smallest absolute Gasteiger partial charge is 0.224 e. The van der Waals surface area contributed by atoms with Crippen LogP contribution in [0.1, 0.15) is 24.2 Å². The number of pyridine rings is 1. The molecule has 122 valence electrons. The van der Waals surface area contributed by atoms with Crippen molar-refractivity contribution >= 4 is 11.6 Å². The molecule has 3 rings (SSSR count). The average Bonchev–Trinajstić information content (AvgIpc) is 3.03. The van der Waals surface area contributed by atoms with Gasteiger partial charge >= 0.3 is 0 Å². The number of nitrogens with zero attached hydrogens (tertiary/aromatic N) is 3. The van der Waals surface area contributed by atoms with Crippen LogP contribution in [0.25, 0.3) is 5.69 Å². The molecule has 0 saturated heterocycles. The molecule has 0 radical (unpaired) electrons. The Morgan fingerprint density at radius 1 is 1.17 bits per heavy atom. The maximum absolute atomic E-state index is 12.1. The van der Waals surface area contributed by atoms with Crippen LogP contribution in [-0.2, 0) is 11.2 Å². The molecule has 0 atom stereocenters. The number of hydrogen-bond acceptors (Lipinski definition) is 3. The van der Waals surface area contributed by atoms with Gasteiger partial charge in [0.1, 0.15) is 0 Å². The van der Waals surface area contributed by atoms with Crippen molar-refractivity contribution in [2.45, 2.75) is 26.2 Å². The summed E-state index contributed by atoms with van der Waals surface area (Å²) in [7, 11) is 0. The Bertz CT molecular complexity index is 811. The first kappa shape index (κ1) is 15.9. The van der Waals surface area contributed by atoms with Gasteiger partial charge in [-0.05, 0) is 56.2 Å². The summed E-state index contributed by atoms with van der Waals surface area (Å²) >= 11 is 0. The number of carbonyl (C=O) groups excluding carboxylic acids is 1. The Kier molecular flexibility index (Phi) is 5.01. The van der Waals surface area contributed by atoms with Crippen molar-refractivity contribution in [2.75, 3.05) is 5.32 Å². The van der Waals surface area contributed by atoms with Crippen LogP contribution in [0, 0.1) is 6.92 Å². The van der Waals surface area contributed by atoms with Crippen LogP contribution in [-0.4, -0.2) is 20.7 Å². The van der Waals surface area contributed by atoms with Gasteiger partial charge in [0, 0.05) is 30.2 Å². The van der Waals surface area contributed by atoms with Crippen molar-refractivity contribution < 1.29 is 4.79 Å². The van der Waals surface area contributed by atoms with Crippen molar-refractivity contribution in [3.8, 4) is 5.69 Å². The van der Waals surface area contributed by atoms with Crippen LogP contribution in [0.15, 0.2) is 60.9 Å². The van der Waals surface area contributed by atoms with E-state index in [4.69, 9.17) is 0 Å². The lowest BCUT2D eigenvalue weighted by Gasteiger charge is -2.08. The molecule has 0 aliphatic rings. The SMILES string of the molecule is Cc1ccn(-c2cccc(NC(=O)CCCc3ccccn3)c2)n1. The van der Waals surface area contributed by atoms with Crippen molar-refractivity contribution in [1.29, 1.82) is 0 Å². The number of rotatable bonds is 6. The summed E-state index contributed by atoms with van der Waals surface area (Å²) in [6.07, 6.45) is 5.74. The van der Waals surface area contributed by atoms with E-state index >= 15 is 0 Å². The number of benzene rings is 1. The van der Waals surface area contributed by atoms with Crippen LogP contribution in [0.4, 0.5) is 5.69 Å². The summed E-state index contributed by atoms with van der Waals surface area (Å²) in [5.74, 6) is 0.0136. The minimum absolute atomic E-state index is 0.0136. The standard InChI is InChI=1S/C19H20N4O/c1-15-11-13-23(22-15)18-9-4-8-17(14-18)21-19(24)10-5-7-16-6-2-3-12-20-16/h2-4,6,8-9,11-14H,5,7,10H2,1H3,(H,21,24). The second-order valence-electron chi connectivity index (χ2n) is 5.67. The van der Waals surface area contributed by atoms with E-state index in [0.717, 1.165) is 35.6 Å². The Hall–Kier alpha value is -2.95. The molecule has 1 aromatic carbocycles. The zero-order chi connectivity index (χ0) is 16.8. The van der Waals surface area contributed by atoms with Gasteiger partial charge in [-0.25, -0.2) is 4.68 Å². The first-order valence-electron chi connectivity index (χ1n) is 8.03. The zero-order valence-corrected chi connectivity index (χ0v) is 13.6. The lowest BCUT2D eigenvalue weighted by atomic mass is 10.1. The Balaban J connectivity index is 1.54. The second-order valence-corrected chi connectivity index (χ2v) is 5.67. The van der Waals surface area contributed by atoms with E-state index in [2.05, 4.69) is 15.4 Å². The highest BCUT2D eigenvalue weighted by molar-refractivity contribution is 5.90. The molecule has 0 bridgehead atoms. The Labute approximate surface area is 141 Å². The number of hydrogen-bond donors (Lipinski definition) is 1. The monoisotopic (exact) mass is 320 g/mol. The van der Waals surface area contributed by atoms with Gasteiger partial charge in [-0.1, -0.05) is 12.1 Å². The summed E-state index contributed by atoms with van der Waals surface area (Å²) in [5, 5.41) is 7.33. The first-order valence-corrected chi connectivity index (χ1v) is 8.03. The third-order valence-corrected chi connectivity index (χ3v) is 3.68. The summed E-state index contributed by atoms with van der Waals surface area (Å²) in [5.41, 5.74) is 3.68. The van der Waals surface area contributed by atoms with Crippen molar-refractivity contribution in [3.05, 3.63) is 72.3 Å². The summed E-state index contributed by atoms with van der Waals surface area (Å²) < 4.78 is 1.80. The van der Waals surface area contributed by atoms with Crippen LogP contribution >= 0.6 is 0 Å². The van der Waals surface area contributed by atoms with Crippen LogP contribution in [0.2, 0.25) is 0 Å². The predicted molar refractivity (Wildman–Crippen MR) is 94.1 cm³/mol. The number of nitrogens with one attached hydrogen (secondary N) is 1. The maximum Gasteiger partial charge on any atom is 0.224 e. The van der Waals surface area contributed by atoms with E-state index in [0.29, 0.717) is 6.42 Å². The van der Waals surface area contributed by atoms with Gasteiger partial charge in [-0.15, -0.1) is 0 Å².